The van der Waals surface area contributed by atoms with Gasteiger partial charge in [0.05, 0.1) is 29.1 Å². The first kappa shape index (κ1) is 14.4. The Balaban J connectivity index is 1.83. The van der Waals surface area contributed by atoms with E-state index in [9.17, 15) is 5.11 Å². The van der Waals surface area contributed by atoms with Crippen LogP contribution < -0.4 is 4.74 Å². The number of benzene rings is 1. The van der Waals surface area contributed by atoms with Crippen molar-refractivity contribution in [2.45, 2.75) is 38.8 Å². The van der Waals surface area contributed by atoms with E-state index in [2.05, 4.69) is 5.10 Å². The van der Waals surface area contributed by atoms with Crippen molar-refractivity contribution in [3.8, 4) is 5.75 Å². The first-order valence-corrected chi connectivity index (χ1v) is 7.61. The zero-order valence-electron chi connectivity index (χ0n) is 12.2. The van der Waals surface area contributed by atoms with E-state index in [1.54, 1.807) is 0 Å². The minimum Gasteiger partial charge on any atom is -0.493 e. The van der Waals surface area contributed by atoms with Crippen molar-refractivity contribution in [1.82, 2.24) is 9.78 Å². The summed E-state index contributed by atoms with van der Waals surface area (Å²) in [5.41, 5.74) is 2.78. The number of aryl methyl sites for hydroxylation is 2. The Hall–Kier alpha value is -1.52. The van der Waals surface area contributed by atoms with Crippen molar-refractivity contribution in [2.24, 2.45) is 0 Å². The monoisotopic (exact) mass is 306 g/mol. The molecule has 0 aliphatic carbocycles. The Morgan fingerprint density at radius 3 is 3.00 bits per heavy atom. The Kier molecular flexibility index (Phi) is 3.91. The van der Waals surface area contributed by atoms with Crippen molar-refractivity contribution < 1.29 is 9.84 Å². The Morgan fingerprint density at radius 1 is 1.48 bits per heavy atom. The number of rotatable bonds is 4. The molecule has 1 aliphatic heterocycles. The van der Waals surface area contributed by atoms with E-state index in [0.29, 0.717) is 18.1 Å². The smallest absolute Gasteiger partial charge is 0.123 e. The Bertz CT molecular complexity index is 654. The van der Waals surface area contributed by atoms with Crippen LogP contribution in [0.25, 0.3) is 0 Å². The molecular weight excluding hydrogens is 288 g/mol. The van der Waals surface area contributed by atoms with E-state index in [-0.39, 0.29) is 5.92 Å². The molecule has 0 saturated heterocycles. The van der Waals surface area contributed by atoms with Crippen LogP contribution in [-0.4, -0.2) is 27.6 Å². The number of aliphatic hydroxyl groups excluding tert-OH is 1. The van der Waals surface area contributed by atoms with Crippen molar-refractivity contribution in [2.75, 3.05) is 6.61 Å². The van der Waals surface area contributed by atoms with Crippen molar-refractivity contribution in [3.05, 3.63) is 46.2 Å². The van der Waals surface area contributed by atoms with E-state index in [4.69, 9.17) is 16.3 Å². The van der Waals surface area contributed by atoms with E-state index >= 15 is 0 Å². The molecule has 0 bridgehead atoms. The van der Waals surface area contributed by atoms with Crippen LogP contribution in [0.4, 0.5) is 0 Å². The van der Waals surface area contributed by atoms with Crippen molar-refractivity contribution in [1.29, 1.82) is 0 Å². The highest BCUT2D eigenvalue weighted by Gasteiger charge is 2.31. The maximum absolute atomic E-state index is 10.6. The van der Waals surface area contributed by atoms with Gasteiger partial charge in [0.25, 0.3) is 0 Å². The molecule has 2 unspecified atom stereocenters. The molecule has 21 heavy (non-hydrogen) atoms. The van der Waals surface area contributed by atoms with Crippen molar-refractivity contribution >= 4 is 11.6 Å². The van der Waals surface area contributed by atoms with E-state index < -0.39 is 6.10 Å². The van der Waals surface area contributed by atoms with Crippen LogP contribution in [0.2, 0.25) is 5.02 Å². The average molecular weight is 307 g/mol. The summed E-state index contributed by atoms with van der Waals surface area (Å²) in [4.78, 5) is 0. The molecule has 4 nitrogen and oxygen atoms in total. The predicted octanol–water partition coefficient (Wildman–Crippen LogP) is 2.94. The van der Waals surface area contributed by atoms with Crippen LogP contribution in [-0.2, 0) is 13.0 Å². The third-order valence-corrected chi connectivity index (χ3v) is 4.55. The number of hydrogen-bond acceptors (Lipinski definition) is 3. The molecule has 2 heterocycles. The van der Waals surface area contributed by atoms with Gasteiger partial charge in [-0.2, -0.15) is 5.10 Å². The predicted molar refractivity (Wildman–Crippen MR) is 82.0 cm³/mol. The number of halogens is 1. The third kappa shape index (κ3) is 2.54. The summed E-state index contributed by atoms with van der Waals surface area (Å²) in [6.07, 6.45) is -0.0527. The average Bonchev–Trinajstić information content (AvgIpc) is 3.03. The Labute approximate surface area is 129 Å². The largest absolute Gasteiger partial charge is 0.493 e. The van der Waals surface area contributed by atoms with Crippen molar-refractivity contribution in [3.63, 3.8) is 0 Å². The van der Waals surface area contributed by atoms with E-state index in [1.165, 1.54) is 0 Å². The SMILES string of the molecule is CCn1nc(C)c(Cl)c1CC(O)C1COc2ccccc21. The van der Waals surface area contributed by atoms with Gasteiger partial charge in [0.2, 0.25) is 0 Å². The fraction of sp³-hybridized carbons (Fsp3) is 0.438. The molecule has 1 N–H and O–H groups in total. The molecule has 0 radical (unpaired) electrons. The molecule has 1 aromatic carbocycles. The summed E-state index contributed by atoms with van der Waals surface area (Å²) >= 11 is 6.32. The number of nitrogens with zero attached hydrogens (tertiary/aromatic N) is 2. The highest BCUT2D eigenvalue weighted by atomic mass is 35.5. The summed E-state index contributed by atoms with van der Waals surface area (Å²) < 4.78 is 7.51. The lowest BCUT2D eigenvalue weighted by molar-refractivity contribution is 0.127. The number of hydrogen-bond donors (Lipinski definition) is 1. The molecule has 0 amide bonds. The highest BCUT2D eigenvalue weighted by molar-refractivity contribution is 6.31. The maximum atomic E-state index is 10.6. The molecule has 2 atom stereocenters. The molecule has 0 fully saturated rings. The van der Waals surface area contributed by atoms with Crippen LogP contribution >= 0.6 is 11.6 Å². The van der Waals surface area contributed by atoms with Gasteiger partial charge in [-0.1, -0.05) is 29.8 Å². The lowest BCUT2D eigenvalue weighted by Gasteiger charge is -2.18. The first-order chi connectivity index (χ1) is 10.1. The van der Waals surface area contributed by atoms with Crippen LogP contribution in [0.5, 0.6) is 5.75 Å². The quantitative estimate of drug-likeness (QED) is 0.944. The van der Waals surface area contributed by atoms with Gasteiger partial charge in [0, 0.05) is 24.4 Å². The second-order valence-corrected chi connectivity index (χ2v) is 5.77. The number of aromatic nitrogens is 2. The molecule has 5 heteroatoms. The van der Waals surface area contributed by atoms with Crippen LogP contribution in [0, 0.1) is 6.92 Å². The minimum absolute atomic E-state index is 0.0159. The number of ether oxygens (including phenoxy) is 1. The maximum Gasteiger partial charge on any atom is 0.123 e. The summed E-state index contributed by atoms with van der Waals surface area (Å²) in [7, 11) is 0. The van der Waals surface area contributed by atoms with E-state index in [1.807, 2.05) is 42.8 Å². The molecule has 3 rings (SSSR count). The zero-order valence-corrected chi connectivity index (χ0v) is 13.0. The summed E-state index contributed by atoms with van der Waals surface area (Å²) in [6, 6.07) is 7.87. The van der Waals surface area contributed by atoms with Gasteiger partial charge in [-0.05, 0) is 19.9 Å². The molecule has 112 valence electrons. The highest BCUT2D eigenvalue weighted by Crippen LogP contribution is 2.37. The van der Waals surface area contributed by atoms with Gasteiger partial charge in [-0.15, -0.1) is 0 Å². The fourth-order valence-electron chi connectivity index (χ4n) is 2.91. The fourth-order valence-corrected chi connectivity index (χ4v) is 3.12. The summed E-state index contributed by atoms with van der Waals surface area (Å²) in [5, 5.41) is 15.7. The lowest BCUT2D eigenvalue weighted by Crippen LogP contribution is -2.24. The van der Waals surface area contributed by atoms with Gasteiger partial charge in [-0.25, -0.2) is 0 Å². The van der Waals surface area contributed by atoms with Crippen LogP contribution in [0.3, 0.4) is 0 Å². The number of aliphatic hydroxyl groups is 1. The normalized spacial score (nSPS) is 18.4. The topological polar surface area (TPSA) is 47.3 Å². The van der Waals surface area contributed by atoms with E-state index in [0.717, 1.165) is 29.2 Å². The van der Waals surface area contributed by atoms with Gasteiger partial charge < -0.3 is 9.84 Å². The van der Waals surface area contributed by atoms with Gasteiger partial charge in [0.15, 0.2) is 0 Å². The lowest BCUT2D eigenvalue weighted by atomic mass is 9.92. The molecular formula is C16H19ClN2O2. The summed E-state index contributed by atoms with van der Waals surface area (Å²) in [6.45, 7) is 5.16. The zero-order chi connectivity index (χ0) is 15.0. The molecule has 0 saturated carbocycles. The van der Waals surface area contributed by atoms with Crippen LogP contribution in [0.1, 0.15) is 29.8 Å². The third-order valence-electron chi connectivity index (χ3n) is 4.06. The number of fused-ring (bicyclic) bond motifs is 1. The Morgan fingerprint density at radius 2 is 2.24 bits per heavy atom. The molecule has 2 aromatic rings. The second kappa shape index (κ2) is 5.70. The van der Waals surface area contributed by atoms with Gasteiger partial charge in [0.1, 0.15) is 5.75 Å². The molecule has 0 spiro atoms. The second-order valence-electron chi connectivity index (χ2n) is 5.39. The van der Waals surface area contributed by atoms with Gasteiger partial charge >= 0.3 is 0 Å². The van der Waals surface area contributed by atoms with Crippen LogP contribution in [0.15, 0.2) is 24.3 Å². The molecule has 1 aliphatic rings. The summed E-state index contributed by atoms with van der Waals surface area (Å²) in [5.74, 6) is 0.852. The number of para-hydroxylation sites is 1. The standard InChI is InChI=1S/C16H19ClN2O2/c1-3-19-13(16(17)10(2)18-19)8-14(20)12-9-21-15-7-5-4-6-11(12)15/h4-7,12,14,20H,3,8-9H2,1-2H3. The first-order valence-electron chi connectivity index (χ1n) is 7.23. The molecule has 1 aromatic heterocycles. The van der Waals surface area contributed by atoms with Gasteiger partial charge in [-0.3, -0.25) is 4.68 Å². The minimum atomic E-state index is -0.535.